The predicted molar refractivity (Wildman–Crippen MR) is 106 cm³/mol. The van der Waals surface area contributed by atoms with Gasteiger partial charge in [-0.3, -0.25) is 9.78 Å². The second-order valence-corrected chi connectivity index (χ2v) is 6.90. The lowest BCUT2D eigenvalue weighted by molar-refractivity contribution is -0.117. The van der Waals surface area contributed by atoms with Crippen LogP contribution in [0.5, 0.6) is 0 Å². The largest absolute Gasteiger partial charge is 0.315 e. The summed E-state index contributed by atoms with van der Waals surface area (Å²) in [7, 11) is 1.81. The zero-order valence-corrected chi connectivity index (χ0v) is 15.1. The van der Waals surface area contributed by atoms with E-state index in [0.29, 0.717) is 0 Å². The highest BCUT2D eigenvalue weighted by Crippen LogP contribution is 2.24. The topological polar surface area (TPSA) is 46.1 Å². The van der Waals surface area contributed by atoms with E-state index in [2.05, 4.69) is 22.1 Å². The van der Waals surface area contributed by atoms with Crippen LogP contribution in [0.4, 0.5) is 5.69 Å². The van der Waals surface area contributed by atoms with Crippen LogP contribution in [-0.4, -0.2) is 22.9 Å². The van der Waals surface area contributed by atoms with Gasteiger partial charge in [-0.15, -0.1) is 11.3 Å². The second-order valence-electron chi connectivity index (χ2n) is 6.05. The third-order valence-corrected chi connectivity index (χ3v) is 5.23. The van der Waals surface area contributed by atoms with Gasteiger partial charge in [0.25, 0.3) is 0 Å². The molecule has 0 aliphatic rings. The molecule has 0 spiro atoms. The van der Waals surface area contributed by atoms with Crippen LogP contribution in [0, 0.1) is 0 Å². The Morgan fingerprint density at radius 3 is 2.73 bits per heavy atom. The standard InChI is InChI=1S/C21H17N3OS/c1-24(19-9-8-15-5-2-3-6-16(15)11-19)20(25)12-18-14-26-21(23-18)17-7-4-10-22-13-17/h2-11,13-14H,12H2,1H3. The molecule has 2 aromatic carbocycles. The summed E-state index contributed by atoms with van der Waals surface area (Å²) < 4.78 is 0. The van der Waals surface area contributed by atoms with Crippen LogP contribution in [0.15, 0.2) is 72.4 Å². The highest BCUT2D eigenvalue weighted by atomic mass is 32.1. The quantitative estimate of drug-likeness (QED) is 0.536. The first-order valence-electron chi connectivity index (χ1n) is 8.31. The van der Waals surface area contributed by atoms with Gasteiger partial charge in [0, 0.05) is 36.1 Å². The number of carbonyl (C=O) groups is 1. The van der Waals surface area contributed by atoms with Crippen LogP contribution in [0.1, 0.15) is 5.69 Å². The zero-order valence-electron chi connectivity index (χ0n) is 14.3. The summed E-state index contributed by atoms with van der Waals surface area (Å²) in [6.45, 7) is 0. The van der Waals surface area contributed by atoms with Crippen LogP contribution in [0.3, 0.4) is 0 Å². The first kappa shape index (κ1) is 16.4. The molecule has 128 valence electrons. The van der Waals surface area contributed by atoms with Crippen molar-refractivity contribution < 1.29 is 4.79 Å². The van der Waals surface area contributed by atoms with E-state index in [9.17, 15) is 4.79 Å². The Bertz CT molecular complexity index is 1060. The summed E-state index contributed by atoms with van der Waals surface area (Å²) in [5.41, 5.74) is 2.64. The normalized spacial score (nSPS) is 10.8. The first-order valence-corrected chi connectivity index (χ1v) is 9.19. The number of thiazole rings is 1. The van der Waals surface area contributed by atoms with Crippen LogP contribution in [0.2, 0.25) is 0 Å². The Balaban J connectivity index is 1.51. The summed E-state index contributed by atoms with van der Waals surface area (Å²) in [5.74, 6) is 0.0170. The summed E-state index contributed by atoms with van der Waals surface area (Å²) >= 11 is 1.53. The van der Waals surface area contributed by atoms with Crippen molar-refractivity contribution in [3.8, 4) is 10.6 Å². The number of amides is 1. The average molecular weight is 359 g/mol. The van der Waals surface area contributed by atoms with Crippen LogP contribution in [-0.2, 0) is 11.2 Å². The maximum absolute atomic E-state index is 12.7. The van der Waals surface area contributed by atoms with Crippen molar-refractivity contribution in [2.24, 2.45) is 0 Å². The number of hydrogen-bond acceptors (Lipinski definition) is 4. The molecule has 5 heteroatoms. The third-order valence-electron chi connectivity index (χ3n) is 4.29. The van der Waals surface area contributed by atoms with Crippen molar-refractivity contribution >= 4 is 33.7 Å². The molecule has 2 aromatic heterocycles. The van der Waals surface area contributed by atoms with Crippen molar-refractivity contribution in [2.45, 2.75) is 6.42 Å². The van der Waals surface area contributed by atoms with E-state index < -0.39 is 0 Å². The Kier molecular flexibility index (Phi) is 4.46. The summed E-state index contributed by atoms with van der Waals surface area (Å²) in [6.07, 6.45) is 3.80. The molecule has 0 N–H and O–H groups in total. The molecule has 0 unspecified atom stereocenters. The number of anilines is 1. The van der Waals surface area contributed by atoms with E-state index in [1.54, 1.807) is 24.3 Å². The van der Waals surface area contributed by atoms with Gasteiger partial charge in [-0.1, -0.05) is 30.3 Å². The fourth-order valence-electron chi connectivity index (χ4n) is 2.81. The number of aromatic nitrogens is 2. The highest BCUT2D eigenvalue weighted by molar-refractivity contribution is 7.13. The number of rotatable bonds is 4. The molecule has 0 saturated heterocycles. The third kappa shape index (κ3) is 3.34. The minimum Gasteiger partial charge on any atom is -0.315 e. The van der Waals surface area contributed by atoms with Crippen molar-refractivity contribution in [2.75, 3.05) is 11.9 Å². The molecule has 0 atom stereocenters. The number of likely N-dealkylation sites (N-methyl/N-ethyl adjacent to an activating group) is 1. The van der Waals surface area contributed by atoms with E-state index >= 15 is 0 Å². The Labute approximate surface area is 155 Å². The van der Waals surface area contributed by atoms with E-state index in [4.69, 9.17) is 0 Å². The second kappa shape index (κ2) is 7.06. The molecule has 0 aliphatic heterocycles. The summed E-state index contributed by atoms with van der Waals surface area (Å²) in [5, 5.41) is 5.11. The van der Waals surface area contributed by atoms with E-state index in [1.807, 2.05) is 47.8 Å². The molecule has 0 fully saturated rings. The van der Waals surface area contributed by atoms with Crippen LogP contribution < -0.4 is 4.90 Å². The molecule has 4 nitrogen and oxygen atoms in total. The molecule has 26 heavy (non-hydrogen) atoms. The van der Waals surface area contributed by atoms with Gasteiger partial charge < -0.3 is 4.90 Å². The van der Waals surface area contributed by atoms with Gasteiger partial charge in [0.2, 0.25) is 5.91 Å². The molecular weight excluding hydrogens is 342 g/mol. The van der Waals surface area contributed by atoms with Crippen molar-refractivity contribution in [1.29, 1.82) is 0 Å². The van der Waals surface area contributed by atoms with Crippen LogP contribution in [0.25, 0.3) is 21.3 Å². The number of carbonyl (C=O) groups excluding carboxylic acids is 1. The molecule has 4 aromatic rings. The van der Waals surface area contributed by atoms with Gasteiger partial charge >= 0.3 is 0 Å². The smallest absolute Gasteiger partial charge is 0.232 e. The average Bonchev–Trinajstić information content (AvgIpc) is 3.16. The predicted octanol–water partition coefficient (Wildman–Crippen LogP) is 4.56. The maximum Gasteiger partial charge on any atom is 0.232 e. The first-order chi connectivity index (χ1) is 12.7. The van der Waals surface area contributed by atoms with Gasteiger partial charge in [-0.2, -0.15) is 0 Å². The lowest BCUT2D eigenvalue weighted by Crippen LogP contribution is -2.27. The van der Waals surface area contributed by atoms with Crippen molar-refractivity contribution in [3.05, 3.63) is 78.1 Å². The molecular formula is C21H17N3OS. The van der Waals surface area contributed by atoms with Gasteiger partial charge in [-0.25, -0.2) is 4.98 Å². The van der Waals surface area contributed by atoms with E-state index in [-0.39, 0.29) is 12.3 Å². The minimum atomic E-state index is 0.0170. The SMILES string of the molecule is CN(C(=O)Cc1csc(-c2cccnc2)n1)c1ccc2ccccc2c1. The number of hydrogen-bond donors (Lipinski definition) is 0. The van der Waals surface area contributed by atoms with Gasteiger partial charge in [0.15, 0.2) is 0 Å². The molecule has 1 amide bonds. The minimum absolute atomic E-state index is 0.0170. The number of benzene rings is 2. The zero-order chi connectivity index (χ0) is 17.9. The monoisotopic (exact) mass is 359 g/mol. The number of pyridine rings is 1. The Hall–Kier alpha value is -3.05. The van der Waals surface area contributed by atoms with Crippen molar-refractivity contribution in [3.63, 3.8) is 0 Å². The number of fused-ring (bicyclic) bond motifs is 1. The fraction of sp³-hybridized carbons (Fsp3) is 0.0952. The molecule has 0 bridgehead atoms. The highest BCUT2D eigenvalue weighted by Gasteiger charge is 2.14. The molecule has 4 rings (SSSR count). The Morgan fingerprint density at radius 1 is 1.08 bits per heavy atom. The lowest BCUT2D eigenvalue weighted by atomic mass is 10.1. The van der Waals surface area contributed by atoms with Gasteiger partial charge in [0.05, 0.1) is 12.1 Å². The van der Waals surface area contributed by atoms with E-state index in [1.165, 1.54) is 11.3 Å². The number of nitrogens with zero attached hydrogens (tertiary/aromatic N) is 3. The summed E-state index contributed by atoms with van der Waals surface area (Å²) in [4.78, 5) is 23.1. The maximum atomic E-state index is 12.7. The van der Waals surface area contributed by atoms with Gasteiger partial charge in [0.1, 0.15) is 5.01 Å². The Morgan fingerprint density at radius 2 is 1.92 bits per heavy atom. The van der Waals surface area contributed by atoms with E-state index in [0.717, 1.165) is 32.7 Å². The van der Waals surface area contributed by atoms with Crippen LogP contribution >= 0.6 is 11.3 Å². The molecule has 2 heterocycles. The van der Waals surface area contributed by atoms with Crippen molar-refractivity contribution in [1.82, 2.24) is 9.97 Å². The molecule has 0 radical (unpaired) electrons. The fourth-order valence-corrected chi connectivity index (χ4v) is 3.62. The molecule has 0 aliphatic carbocycles. The molecule has 0 saturated carbocycles. The lowest BCUT2D eigenvalue weighted by Gasteiger charge is -2.17. The van der Waals surface area contributed by atoms with Gasteiger partial charge in [-0.05, 0) is 35.0 Å². The summed E-state index contributed by atoms with van der Waals surface area (Å²) in [6, 6.07) is 18.0.